The predicted octanol–water partition coefficient (Wildman–Crippen LogP) is 3.24. The molecule has 3 aromatic rings. The van der Waals surface area contributed by atoms with E-state index in [1.54, 1.807) is 0 Å². The van der Waals surface area contributed by atoms with Crippen LogP contribution in [-0.4, -0.2) is 33.2 Å². The average Bonchev–Trinajstić information content (AvgIpc) is 3.12. The van der Waals surface area contributed by atoms with E-state index in [2.05, 4.69) is 25.0 Å². The Morgan fingerprint density at radius 2 is 2.08 bits per heavy atom. The molecule has 0 radical (unpaired) electrons. The van der Waals surface area contributed by atoms with Crippen molar-refractivity contribution in [1.82, 2.24) is 20.1 Å². The van der Waals surface area contributed by atoms with Crippen LogP contribution in [0.3, 0.4) is 0 Å². The maximum atomic E-state index is 13.7. The van der Waals surface area contributed by atoms with Crippen LogP contribution < -0.4 is 4.90 Å². The highest BCUT2D eigenvalue weighted by atomic mass is 19.2. The van der Waals surface area contributed by atoms with Gasteiger partial charge in [-0.15, -0.1) is 0 Å². The highest BCUT2D eigenvalue weighted by Crippen LogP contribution is 2.31. The molecule has 1 saturated heterocycles. The molecule has 0 spiro atoms. The normalized spacial score (nSPS) is 18.0. The van der Waals surface area contributed by atoms with E-state index >= 15 is 0 Å². The number of halogens is 2. The van der Waals surface area contributed by atoms with Crippen molar-refractivity contribution >= 4 is 16.7 Å². The maximum absolute atomic E-state index is 13.7. The largest absolute Gasteiger partial charge is 0.355 e. The van der Waals surface area contributed by atoms with Crippen LogP contribution in [0.25, 0.3) is 10.9 Å². The molecule has 3 heterocycles. The molecular formula is C17H17F2N5O. The third-order valence-electron chi connectivity index (χ3n) is 4.53. The van der Waals surface area contributed by atoms with Gasteiger partial charge in [0, 0.05) is 36.9 Å². The minimum atomic E-state index is -0.910. The molecule has 4 rings (SSSR count). The number of piperidine rings is 1. The minimum Gasteiger partial charge on any atom is -0.355 e. The van der Waals surface area contributed by atoms with Gasteiger partial charge in [0.05, 0.1) is 5.52 Å². The molecule has 1 aromatic carbocycles. The summed E-state index contributed by atoms with van der Waals surface area (Å²) >= 11 is 0. The van der Waals surface area contributed by atoms with Crippen molar-refractivity contribution in [3.05, 3.63) is 41.8 Å². The lowest BCUT2D eigenvalue weighted by Crippen LogP contribution is -2.35. The Balaban J connectivity index is 1.67. The number of aryl methyl sites for hydroxylation is 1. The lowest BCUT2D eigenvalue weighted by atomic mass is 9.97. The molecule has 0 unspecified atom stereocenters. The molecular weight excluding hydrogens is 328 g/mol. The molecule has 0 N–H and O–H groups in total. The fourth-order valence-corrected chi connectivity index (χ4v) is 3.25. The first-order chi connectivity index (χ1) is 12.2. The summed E-state index contributed by atoms with van der Waals surface area (Å²) in [4.78, 5) is 14.8. The highest BCUT2D eigenvalue weighted by Gasteiger charge is 2.27. The van der Waals surface area contributed by atoms with Crippen LogP contribution in [0, 0.1) is 11.6 Å². The summed E-state index contributed by atoms with van der Waals surface area (Å²) in [6.07, 6.45) is 3.95. The van der Waals surface area contributed by atoms with Crippen molar-refractivity contribution in [3.8, 4) is 0 Å². The number of hydrogen-bond acceptors (Lipinski definition) is 6. The molecule has 0 bridgehead atoms. The Bertz CT molecular complexity index is 913. The molecule has 1 aliphatic rings. The van der Waals surface area contributed by atoms with Crippen LogP contribution in [0.2, 0.25) is 0 Å². The topological polar surface area (TPSA) is 67.9 Å². The number of rotatable bonds is 3. The van der Waals surface area contributed by atoms with Crippen molar-refractivity contribution in [2.75, 3.05) is 18.0 Å². The van der Waals surface area contributed by atoms with Crippen molar-refractivity contribution in [3.63, 3.8) is 0 Å². The van der Waals surface area contributed by atoms with E-state index in [1.807, 2.05) is 6.92 Å². The predicted molar refractivity (Wildman–Crippen MR) is 87.3 cm³/mol. The number of benzene rings is 1. The molecule has 25 heavy (non-hydrogen) atoms. The van der Waals surface area contributed by atoms with Crippen LogP contribution in [0.4, 0.5) is 14.6 Å². The van der Waals surface area contributed by atoms with Gasteiger partial charge >= 0.3 is 0 Å². The first-order valence-corrected chi connectivity index (χ1v) is 8.33. The second kappa shape index (κ2) is 6.34. The van der Waals surface area contributed by atoms with Crippen molar-refractivity contribution < 1.29 is 13.3 Å². The van der Waals surface area contributed by atoms with E-state index < -0.39 is 11.6 Å². The second-order valence-corrected chi connectivity index (χ2v) is 6.17. The first-order valence-electron chi connectivity index (χ1n) is 8.33. The Labute approximate surface area is 142 Å². The maximum Gasteiger partial charge on any atom is 0.226 e. The van der Waals surface area contributed by atoms with E-state index in [0.29, 0.717) is 41.4 Å². The van der Waals surface area contributed by atoms with Gasteiger partial charge in [0.1, 0.15) is 12.1 Å². The molecule has 1 fully saturated rings. The number of nitrogens with zero attached hydrogens (tertiary/aromatic N) is 5. The number of anilines is 1. The molecule has 8 heteroatoms. The first kappa shape index (κ1) is 15.9. The molecule has 0 amide bonds. The fourth-order valence-electron chi connectivity index (χ4n) is 3.25. The molecule has 1 atom stereocenters. The lowest BCUT2D eigenvalue weighted by Gasteiger charge is -2.32. The van der Waals surface area contributed by atoms with Crippen LogP contribution in [0.15, 0.2) is 23.0 Å². The van der Waals surface area contributed by atoms with E-state index in [1.165, 1.54) is 6.33 Å². The summed E-state index contributed by atoms with van der Waals surface area (Å²) in [5.41, 5.74) is 0.388. The number of aromatic nitrogens is 4. The highest BCUT2D eigenvalue weighted by molar-refractivity contribution is 5.89. The van der Waals surface area contributed by atoms with Crippen LogP contribution in [0.5, 0.6) is 0 Å². The summed E-state index contributed by atoms with van der Waals surface area (Å²) in [5, 5.41) is 4.58. The van der Waals surface area contributed by atoms with Gasteiger partial charge in [-0.05, 0) is 18.9 Å². The third-order valence-corrected chi connectivity index (χ3v) is 4.53. The minimum absolute atomic E-state index is 0.119. The fraction of sp³-hybridized carbons (Fsp3) is 0.412. The van der Waals surface area contributed by atoms with E-state index in [-0.39, 0.29) is 5.92 Å². The number of fused-ring (bicyclic) bond motifs is 1. The van der Waals surface area contributed by atoms with Crippen LogP contribution in [-0.2, 0) is 6.42 Å². The van der Waals surface area contributed by atoms with Gasteiger partial charge in [0.2, 0.25) is 5.89 Å². The zero-order chi connectivity index (χ0) is 17.4. The Kier molecular flexibility index (Phi) is 4.03. The molecule has 0 aliphatic carbocycles. The SMILES string of the molecule is CCc1nc([C@H]2CCCN(c3ncnc4cc(F)c(F)cc34)C2)no1. The second-order valence-electron chi connectivity index (χ2n) is 6.17. The van der Waals surface area contributed by atoms with E-state index in [4.69, 9.17) is 4.52 Å². The van der Waals surface area contributed by atoms with Gasteiger partial charge in [-0.25, -0.2) is 18.7 Å². The van der Waals surface area contributed by atoms with Crippen LogP contribution >= 0.6 is 0 Å². The van der Waals surface area contributed by atoms with Crippen molar-refractivity contribution in [2.45, 2.75) is 32.1 Å². The average molecular weight is 345 g/mol. The van der Waals surface area contributed by atoms with E-state index in [0.717, 1.165) is 31.5 Å². The molecule has 2 aromatic heterocycles. The summed E-state index contributed by atoms with van der Waals surface area (Å²) in [6.45, 7) is 3.39. The zero-order valence-electron chi connectivity index (χ0n) is 13.7. The lowest BCUT2D eigenvalue weighted by molar-refractivity contribution is 0.368. The summed E-state index contributed by atoms with van der Waals surface area (Å²) in [5.74, 6) is 0.227. The summed E-state index contributed by atoms with van der Waals surface area (Å²) in [7, 11) is 0. The van der Waals surface area contributed by atoms with Crippen molar-refractivity contribution in [2.24, 2.45) is 0 Å². The van der Waals surface area contributed by atoms with Gasteiger partial charge in [0.15, 0.2) is 17.5 Å². The monoisotopic (exact) mass is 345 g/mol. The molecule has 130 valence electrons. The van der Waals surface area contributed by atoms with Crippen LogP contribution in [0.1, 0.15) is 37.4 Å². The van der Waals surface area contributed by atoms with Gasteiger partial charge in [0.25, 0.3) is 0 Å². The molecule has 1 aliphatic heterocycles. The third kappa shape index (κ3) is 2.92. The van der Waals surface area contributed by atoms with Crippen molar-refractivity contribution in [1.29, 1.82) is 0 Å². The molecule has 0 saturated carbocycles. The van der Waals surface area contributed by atoms with E-state index in [9.17, 15) is 8.78 Å². The van der Waals surface area contributed by atoms with Gasteiger partial charge in [-0.2, -0.15) is 4.98 Å². The van der Waals surface area contributed by atoms with Gasteiger partial charge < -0.3 is 9.42 Å². The quantitative estimate of drug-likeness (QED) is 0.726. The standard InChI is InChI=1S/C17H17F2N5O/c1-2-15-22-16(23-25-15)10-4-3-5-24(8-10)17-11-6-12(18)13(19)7-14(11)20-9-21-17/h6-7,9-10H,2-5,8H2,1H3/t10-/m0/s1. The summed E-state index contributed by atoms with van der Waals surface area (Å²) < 4.78 is 32.4. The Hall–Kier alpha value is -2.64. The molecule has 6 nitrogen and oxygen atoms in total. The smallest absolute Gasteiger partial charge is 0.226 e. The zero-order valence-corrected chi connectivity index (χ0v) is 13.7. The summed E-state index contributed by atoms with van der Waals surface area (Å²) in [6, 6.07) is 2.26. The Morgan fingerprint density at radius 3 is 2.88 bits per heavy atom. The number of hydrogen-bond donors (Lipinski definition) is 0. The van der Waals surface area contributed by atoms with Gasteiger partial charge in [-0.1, -0.05) is 12.1 Å². The van der Waals surface area contributed by atoms with Gasteiger partial charge in [-0.3, -0.25) is 0 Å². The Morgan fingerprint density at radius 1 is 1.24 bits per heavy atom.